The number of nitrogens with zero attached hydrogens (tertiary/aromatic N) is 2. The van der Waals surface area contributed by atoms with Crippen LogP contribution in [0, 0.1) is 6.92 Å². The highest BCUT2D eigenvalue weighted by molar-refractivity contribution is 5.19. The Kier molecular flexibility index (Phi) is 1.56. The molecule has 0 N–H and O–H groups in total. The van der Waals surface area contributed by atoms with Gasteiger partial charge in [-0.05, 0) is 13.0 Å². The van der Waals surface area contributed by atoms with E-state index in [-0.39, 0.29) is 5.82 Å². The van der Waals surface area contributed by atoms with Gasteiger partial charge in [-0.25, -0.2) is 18.7 Å². The molecule has 4 heteroatoms. The molecule has 0 aliphatic heterocycles. The molecule has 2 rings (SSSR count). The van der Waals surface area contributed by atoms with Crippen molar-refractivity contribution >= 4 is 0 Å². The molecule has 0 bridgehead atoms. The largest absolute Gasteiger partial charge is 0.243 e. The molecule has 12 heavy (non-hydrogen) atoms. The van der Waals surface area contributed by atoms with Crippen molar-refractivity contribution in [2.24, 2.45) is 0 Å². The molecule has 1 aromatic heterocycles. The highest BCUT2D eigenvalue weighted by atomic mass is 19.2. The summed E-state index contributed by atoms with van der Waals surface area (Å²) in [6, 6.07) is 1.70. The average molecular weight is 170 g/mol. The van der Waals surface area contributed by atoms with Crippen LogP contribution in [0.15, 0.2) is 12.3 Å². The fraction of sp³-hybridized carbons (Fsp3) is 0.500. The van der Waals surface area contributed by atoms with Gasteiger partial charge in [0.25, 0.3) is 0 Å². The van der Waals surface area contributed by atoms with Gasteiger partial charge >= 0.3 is 0 Å². The van der Waals surface area contributed by atoms with Crippen LogP contribution >= 0.6 is 0 Å². The van der Waals surface area contributed by atoms with Crippen LogP contribution in [0.4, 0.5) is 8.78 Å². The normalized spacial score (nSPS) is 33.4. The summed E-state index contributed by atoms with van der Waals surface area (Å²) in [5.74, 6) is -0.431. The van der Waals surface area contributed by atoms with Crippen molar-refractivity contribution in [2.75, 3.05) is 0 Å². The number of rotatable bonds is 1. The van der Waals surface area contributed by atoms with Crippen molar-refractivity contribution < 1.29 is 8.78 Å². The van der Waals surface area contributed by atoms with Crippen molar-refractivity contribution in [2.45, 2.75) is 25.2 Å². The lowest BCUT2D eigenvalue weighted by atomic mass is 10.3. The second kappa shape index (κ2) is 2.47. The third-order valence-electron chi connectivity index (χ3n) is 1.96. The van der Waals surface area contributed by atoms with Crippen molar-refractivity contribution in [3.8, 4) is 0 Å². The first-order chi connectivity index (χ1) is 5.70. The molecule has 1 aromatic rings. The summed E-state index contributed by atoms with van der Waals surface area (Å²) in [7, 11) is 0. The quantitative estimate of drug-likeness (QED) is 0.639. The maximum absolute atomic E-state index is 12.5. The Balaban J connectivity index is 2.25. The lowest BCUT2D eigenvalue weighted by Gasteiger charge is -1.95. The number of halogens is 2. The van der Waals surface area contributed by atoms with E-state index in [1.165, 1.54) is 6.20 Å². The third-order valence-corrected chi connectivity index (χ3v) is 1.96. The molecule has 2 unspecified atom stereocenters. The van der Waals surface area contributed by atoms with E-state index in [2.05, 4.69) is 9.97 Å². The average Bonchev–Trinajstić information content (AvgIpc) is 2.60. The van der Waals surface area contributed by atoms with Gasteiger partial charge in [0, 0.05) is 11.9 Å². The number of alkyl halides is 2. The van der Waals surface area contributed by atoms with E-state index in [0.717, 1.165) is 5.69 Å². The van der Waals surface area contributed by atoms with E-state index in [0.29, 0.717) is 0 Å². The second-order valence-corrected chi connectivity index (χ2v) is 2.97. The van der Waals surface area contributed by atoms with Crippen LogP contribution in [-0.2, 0) is 0 Å². The van der Waals surface area contributed by atoms with E-state index >= 15 is 0 Å². The molecular weight excluding hydrogens is 162 g/mol. The molecular formula is C8H8F2N2. The van der Waals surface area contributed by atoms with Gasteiger partial charge in [-0.3, -0.25) is 0 Å². The summed E-state index contributed by atoms with van der Waals surface area (Å²) < 4.78 is 25.1. The molecule has 0 amide bonds. The molecule has 1 fully saturated rings. The Morgan fingerprint density at radius 3 is 2.50 bits per heavy atom. The first-order valence-electron chi connectivity index (χ1n) is 3.78. The summed E-state index contributed by atoms with van der Waals surface area (Å²) >= 11 is 0. The molecule has 2 nitrogen and oxygen atoms in total. The molecule has 0 spiro atoms. The lowest BCUT2D eigenvalue weighted by Crippen LogP contribution is -1.95. The summed E-state index contributed by atoms with van der Waals surface area (Å²) in [6.45, 7) is 1.77. The molecule has 2 atom stereocenters. The Morgan fingerprint density at radius 2 is 2.00 bits per heavy atom. The lowest BCUT2D eigenvalue weighted by molar-refractivity contribution is 0.372. The van der Waals surface area contributed by atoms with Crippen molar-refractivity contribution in [3.63, 3.8) is 0 Å². The Hall–Kier alpha value is -1.06. The monoisotopic (exact) mass is 170 g/mol. The predicted octanol–water partition coefficient (Wildman–Crippen LogP) is 1.56. The van der Waals surface area contributed by atoms with Crippen LogP contribution in [0.5, 0.6) is 0 Å². The molecule has 0 radical (unpaired) electrons. The topological polar surface area (TPSA) is 25.8 Å². The van der Waals surface area contributed by atoms with Gasteiger partial charge in [-0.15, -0.1) is 0 Å². The molecule has 1 saturated carbocycles. The van der Waals surface area contributed by atoms with Crippen molar-refractivity contribution in [1.82, 2.24) is 9.97 Å². The number of hydrogen-bond acceptors (Lipinski definition) is 2. The van der Waals surface area contributed by atoms with Crippen molar-refractivity contribution in [1.29, 1.82) is 0 Å². The third kappa shape index (κ3) is 1.07. The van der Waals surface area contributed by atoms with Crippen LogP contribution < -0.4 is 0 Å². The number of aromatic nitrogens is 2. The molecule has 64 valence electrons. The molecule has 1 aliphatic carbocycles. The van der Waals surface area contributed by atoms with E-state index in [1.807, 2.05) is 0 Å². The maximum Gasteiger partial charge on any atom is 0.145 e. The minimum Gasteiger partial charge on any atom is -0.243 e. The minimum atomic E-state index is -1.40. The van der Waals surface area contributed by atoms with Gasteiger partial charge in [-0.2, -0.15) is 0 Å². The minimum absolute atomic E-state index is 0.287. The zero-order chi connectivity index (χ0) is 8.72. The fourth-order valence-corrected chi connectivity index (χ4v) is 1.15. The Morgan fingerprint density at radius 1 is 1.33 bits per heavy atom. The Labute approximate surface area is 68.7 Å². The van der Waals surface area contributed by atoms with Crippen LogP contribution in [-0.4, -0.2) is 22.3 Å². The van der Waals surface area contributed by atoms with Crippen LogP contribution in [0.2, 0.25) is 0 Å². The first-order valence-corrected chi connectivity index (χ1v) is 3.78. The highest BCUT2D eigenvalue weighted by Gasteiger charge is 2.55. The van der Waals surface area contributed by atoms with Gasteiger partial charge in [0.05, 0.1) is 5.92 Å². The van der Waals surface area contributed by atoms with Gasteiger partial charge in [0.2, 0.25) is 0 Å². The Bertz CT molecular complexity index is 295. The van der Waals surface area contributed by atoms with Crippen LogP contribution in [0.3, 0.4) is 0 Å². The zero-order valence-electron chi connectivity index (χ0n) is 6.54. The number of aryl methyl sites for hydroxylation is 1. The summed E-state index contributed by atoms with van der Waals surface area (Å²) in [5.41, 5.74) is 0.742. The standard InChI is InChI=1S/C8H8F2N2/c1-4-2-3-11-8(12-4)5-6(9)7(5)10/h2-3,5-7H,1H3. The summed E-state index contributed by atoms with van der Waals surface area (Å²) in [6.07, 6.45) is -1.27. The van der Waals surface area contributed by atoms with Crippen LogP contribution in [0.25, 0.3) is 0 Å². The SMILES string of the molecule is Cc1ccnc(C2C(F)C2F)n1. The first kappa shape index (κ1) is 7.58. The van der Waals surface area contributed by atoms with E-state index < -0.39 is 18.3 Å². The summed E-state index contributed by atoms with van der Waals surface area (Å²) in [4.78, 5) is 7.76. The van der Waals surface area contributed by atoms with E-state index in [1.54, 1.807) is 13.0 Å². The molecule has 1 aliphatic rings. The molecule has 0 saturated heterocycles. The zero-order valence-corrected chi connectivity index (χ0v) is 6.54. The van der Waals surface area contributed by atoms with Gasteiger partial charge in [0.1, 0.15) is 18.2 Å². The smallest absolute Gasteiger partial charge is 0.145 e. The molecule has 0 aromatic carbocycles. The molecule has 1 heterocycles. The van der Waals surface area contributed by atoms with Gasteiger partial charge in [0.15, 0.2) is 0 Å². The van der Waals surface area contributed by atoms with E-state index in [4.69, 9.17) is 0 Å². The fourth-order valence-electron chi connectivity index (χ4n) is 1.15. The predicted molar refractivity (Wildman–Crippen MR) is 39.3 cm³/mol. The van der Waals surface area contributed by atoms with Crippen LogP contribution in [0.1, 0.15) is 17.4 Å². The summed E-state index contributed by atoms with van der Waals surface area (Å²) in [5, 5.41) is 0. The van der Waals surface area contributed by atoms with Crippen molar-refractivity contribution in [3.05, 3.63) is 23.8 Å². The van der Waals surface area contributed by atoms with E-state index in [9.17, 15) is 8.78 Å². The second-order valence-electron chi connectivity index (χ2n) is 2.97. The van der Waals surface area contributed by atoms with Gasteiger partial charge < -0.3 is 0 Å². The maximum atomic E-state index is 12.5. The highest BCUT2D eigenvalue weighted by Crippen LogP contribution is 2.44. The number of hydrogen-bond donors (Lipinski definition) is 0. The van der Waals surface area contributed by atoms with Gasteiger partial charge in [-0.1, -0.05) is 0 Å².